The predicted octanol–water partition coefficient (Wildman–Crippen LogP) is -0.526. The van der Waals surface area contributed by atoms with Crippen LogP contribution in [0.1, 0.15) is 6.42 Å². The molecule has 0 bridgehead atoms. The molecule has 0 aromatic heterocycles. The first kappa shape index (κ1) is 10.4. The molecule has 0 unspecified atom stereocenters. The van der Waals surface area contributed by atoms with E-state index in [2.05, 4.69) is 0 Å². The van der Waals surface area contributed by atoms with Crippen LogP contribution >= 0.6 is 0 Å². The van der Waals surface area contributed by atoms with Gasteiger partial charge in [-0.2, -0.15) is 0 Å². The molecule has 0 heterocycles. The second-order valence-corrected chi connectivity index (χ2v) is 2.54. The normalized spacial score (nSPS) is 10.2. The molecule has 0 aromatic carbocycles. The zero-order chi connectivity index (χ0) is 8.69. The number of likely N-dealkylation sites (N-methyl/N-ethyl adjacent to an activating group) is 1. The van der Waals surface area contributed by atoms with Gasteiger partial charge in [-0.05, 0) is 14.1 Å². The number of aliphatic hydroxyl groups is 1. The molecule has 0 saturated heterocycles. The largest absolute Gasteiger partial charge is 0.465 e. The second-order valence-electron chi connectivity index (χ2n) is 2.54. The van der Waals surface area contributed by atoms with E-state index in [0.29, 0.717) is 19.6 Å². The molecule has 0 aliphatic carbocycles. The maximum absolute atomic E-state index is 10.8. The molecule has 0 amide bonds. The Hall–Kier alpha value is -0.610. The molecule has 11 heavy (non-hydrogen) atoms. The molecule has 4 heteroatoms. The summed E-state index contributed by atoms with van der Waals surface area (Å²) in [6.45, 7) is 0.670. The molecule has 0 spiro atoms. The van der Waals surface area contributed by atoms with Gasteiger partial charge in [-0.25, -0.2) is 0 Å². The maximum atomic E-state index is 10.8. The zero-order valence-electron chi connectivity index (χ0n) is 7.04. The lowest BCUT2D eigenvalue weighted by atomic mass is 10.5. The summed E-state index contributed by atoms with van der Waals surface area (Å²) in [6, 6.07) is 0. The van der Waals surface area contributed by atoms with Crippen LogP contribution in [0, 0.1) is 0 Å². The van der Waals surface area contributed by atoms with Crippen LogP contribution < -0.4 is 0 Å². The SMILES string of the molecule is CN(C)CC(=O)OCCCO. The van der Waals surface area contributed by atoms with Crippen LogP contribution in [-0.4, -0.2) is 49.8 Å². The van der Waals surface area contributed by atoms with E-state index >= 15 is 0 Å². The lowest BCUT2D eigenvalue weighted by molar-refractivity contribution is -0.144. The van der Waals surface area contributed by atoms with Crippen molar-refractivity contribution in [1.29, 1.82) is 0 Å². The van der Waals surface area contributed by atoms with Crippen molar-refractivity contribution in [1.82, 2.24) is 4.90 Å². The van der Waals surface area contributed by atoms with E-state index in [0.717, 1.165) is 0 Å². The van der Waals surface area contributed by atoms with Crippen molar-refractivity contribution in [2.24, 2.45) is 0 Å². The predicted molar refractivity (Wildman–Crippen MR) is 41.2 cm³/mol. The fourth-order valence-electron chi connectivity index (χ4n) is 0.554. The van der Waals surface area contributed by atoms with Gasteiger partial charge in [-0.3, -0.25) is 9.69 Å². The lowest BCUT2D eigenvalue weighted by Gasteiger charge is -2.08. The Morgan fingerprint density at radius 2 is 2.18 bits per heavy atom. The highest BCUT2D eigenvalue weighted by molar-refractivity contribution is 5.71. The van der Waals surface area contributed by atoms with E-state index in [1.807, 2.05) is 0 Å². The highest BCUT2D eigenvalue weighted by Crippen LogP contribution is 1.84. The standard InChI is InChI=1S/C7H15NO3/c1-8(2)6-7(10)11-5-3-4-9/h9H,3-6H2,1-2H3. The third-order valence-corrected chi connectivity index (χ3v) is 1.01. The van der Waals surface area contributed by atoms with Gasteiger partial charge in [0.1, 0.15) is 0 Å². The minimum absolute atomic E-state index is 0.0647. The van der Waals surface area contributed by atoms with E-state index < -0.39 is 0 Å². The van der Waals surface area contributed by atoms with Crippen LogP contribution in [0.3, 0.4) is 0 Å². The highest BCUT2D eigenvalue weighted by Gasteiger charge is 2.02. The average Bonchev–Trinajstić information content (AvgIpc) is 1.86. The number of aliphatic hydroxyl groups excluding tert-OH is 1. The first-order valence-electron chi connectivity index (χ1n) is 3.58. The van der Waals surface area contributed by atoms with E-state index in [9.17, 15) is 4.79 Å². The molecule has 0 aliphatic heterocycles. The van der Waals surface area contributed by atoms with Gasteiger partial charge in [0.05, 0.1) is 13.2 Å². The average molecular weight is 161 g/mol. The second kappa shape index (κ2) is 6.12. The van der Waals surface area contributed by atoms with Gasteiger partial charge in [0.2, 0.25) is 0 Å². The minimum Gasteiger partial charge on any atom is -0.465 e. The lowest BCUT2D eigenvalue weighted by Crippen LogP contribution is -2.23. The summed E-state index contributed by atoms with van der Waals surface area (Å²) in [5.41, 5.74) is 0. The fraction of sp³-hybridized carbons (Fsp3) is 0.857. The zero-order valence-corrected chi connectivity index (χ0v) is 7.04. The van der Waals surface area contributed by atoms with Crippen LogP contribution in [-0.2, 0) is 9.53 Å². The van der Waals surface area contributed by atoms with Crippen LogP contribution in [0.15, 0.2) is 0 Å². The summed E-state index contributed by atoms with van der Waals surface area (Å²) < 4.78 is 4.75. The third-order valence-electron chi connectivity index (χ3n) is 1.01. The third kappa shape index (κ3) is 7.29. The Bertz CT molecular complexity index is 114. The molecular formula is C7H15NO3. The first-order valence-corrected chi connectivity index (χ1v) is 3.58. The summed E-state index contributed by atoms with van der Waals surface area (Å²) in [5, 5.41) is 8.36. The topological polar surface area (TPSA) is 49.8 Å². The van der Waals surface area contributed by atoms with Crippen molar-refractivity contribution in [2.45, 2.75) is 6.42 Å². The molecule has 1 N–H and O–H groups in total. The van der Waals surface area contributed by atoms with Crippen molar-refractivity contribution < 1.29 is 14.6 Å². The summed E-state index contributed by atoms with van der Waals surface area (Å²) in [7, 11) is 3.60. The maximum Gasteiger partial charge on any atom is 0.320 e. The monoisotopic (exact) mass is 161 g/mol. The molecule has 0 rings (SSSR count). The summed E-state index contributed by atoms with van der Waals surface area (Å²) in [4.78, 5) is 12.5. The number of carbonyl (C=O) groups is 1. The van der Waals surface area contributed by atoms with E-state index in [1.54, 1.807) is 19.0 Å². The van der Waals surface area contributed by atoms with Gasteiger partial charge in [-0.1, -0.05) is 0 Å². The van der Waals surface area contributed by atoms with Gasteiger partial charge in [0.25, 0.3) is 0 Å². The summed E-state index contributed by atoms with van der Waals surface area (Å²) in [6.07, 6.45) is 0.513. The number of esters is 1. The quantitative estimate of drug-likeness (QED) is 0.435. The van der Waals surface area contributed by atoms with E-state index in [1.165, 1.54) is 0 Å². The van der Waals surface area contributed by atoms with Crippen molar-refractivity contribution in [3.63, 3.8) is 0 Å². The number of ether oxygens (including phenoxy) is 1. The van der Waals surface area contributed by atoms with Crippen molar-refractivity contribution >= 4 is 5.97 Å². The van der Waals surface area contributed by atoms with Gasteiger partial charge in [-0.15, -0.1) is 0 Å². The molecule has 0 fully saturated rings. The molecule has 4 nitrogen and oxygen atoms in total. The van der Waals surface area contributed by atoms with Crippen molar-refractivity contribution in [2.75, 3.05) is 33.9 Å². The van der Waals surface area contributed by atoms with Gasteiger partial charge in [0.15, 0.2) is 0 Å². The van der Waals surface area contributed by atoms with Crippen LogP contribution in [0.4, 0.5) is 0 Å². The smallest absolute Gasteiger partial charge is 0.320 e. The number of nitrogens with zero attached hydrogens (tertiary/aromatic N) is 1. The highest BCUT2D eigenvalue weighted by atomic mass is 16.5. The van der Waals surface area contributed by atoms with Gasteiger partial charge in [0, 0.05) is 13.0 Å². The molecule has 0 saturated carbocycles. The first-order chi connectivity index (χ1) is 5.16. The number of hydrogen-bond acceptors (Lipinski definition) is 4. The molecule has 0 aromatic rings. The van der Waals surface area contributed by atoms with Crippen molar-refractivity contribution in [3.8, 4) is 0 Å². The van der Waals surface area contributed by atoms with E-state index in [4.69, 9.17) is 9.84 Å². The van der Waals surface area contributed by atoms with Crippen LogP contribution in [0.5, 0.6) is 0 Å². The number of carbonyl (C=O) groups excluding carboxylic acids is 1. The van der Waals surface area contributed by atoms with Crippen molar-refractivity contribution in [3.05, 3.63) is 0 Å². The molecule has 0 aliphatic rings. The Kier molecular flexibility index (Phi) is 5.78. The molecular weight excluding hydrogens is 146 g/mol. The van der Waals surface area contributed by atoms with Crippen LogP contribution in [0.25, 0.3) is 0 Å². The minimum atomic E-state index is -0.247. The van der Waals surface area contributed by atoms with Gasteiger partial charge < -0.3 is 9.84 Å². The summed E-state index contributed by atoms with van der Waals surface area (Å²) in [5.74, 6) is -0.247. The Morgan fingerprint density at radius 1 is 1.55 bits per heavy atom. The van der Waals surface area contributed by atoms with Crippen LogP contribution in [0.2, 0.25) is 0 Å². The Labute approximate surface area is 66.8 Å². The van der Waals surface area contributed by atoms with Gasteiger partial charge >= 0.3 is 5.97 Å². The molecule has 66 valence electrons. The fourth-order valence-corrected chi connectivity index (χ4v) is 0.554. The molecule has 0 radical (unpaired) electrons. The number of rotatable bonds is 5. The Morgan fingerprint density at radius 3 is 2.64 bits per heavy atom. The number of hydrogen-bond donors (Lipinski definition) is 1. The Balaban J connectivity index is 3.23. The molecule has 0 atom stereocenters. The summed E-state index contributed by atoms with van der Waals surface area (Å²) >= 11 is 0. The van der Waals surface area contributed by atoms with E-state index in [-0.39, 0.29) is 12.6 Å².